The van der Waals surface area contributed by atoms with E-state index in [1.165, 1.54) is 13.3 Å². The molecule has 0 bridgehead atoms. The predicted octanol–water partition coefficient (Wildman–Crippen LogP) is 2.81. The summed E-state index contributed by atoms with van der Waals surface area (Å²) in [6.45, 7) is -0.177. The monoisotopic (exact) mass is 476 g/mol. The molecule has 10 heteroatoms. The standard InChI is InChI=1S/C25H24N4O6/c1-33-20-12-8-18(9-13-20)28-24(31)25(32)29-26-15-17-6-10-21(11-7-17)35-16-23(30)27-19-4-3-5-22(14-19)34-2/h3-15H,16H2,1-2H3,(H,27,30)(H,28,31)(H,29,32)/b26-15-. The van der Waals surface area contributed by atoms with Gasteiger partial charge in [-0.3, -0.25) is 14.4 Å². The zero-order valence-electron chi connectivity index (χ0n) is 19.1. The van der Waals surface area contributed by atoms with E-state index < -0.39 is 11.8 Å². The number of benzene rings is 3. The van der Waals surface area contributed by atoms with Gasteiger partial charge < -0.3 is 24.8 Å². The summed E-state index contributed by atoms with van der Waals surface area (Å²) in [5, 5.41) is 8.96. The van der Waals surface area contributed by atoms with Crippen LogP contribution in [0.2, 0.25) is 0 Å². The molecule has 0 heterocycles. The van der Waals surface area contributed by atoms with E-state index in [9.17, 15) is 14.4 Å². The van der Waals surface area contributed by atoms with E-state index in [0.717, 1.165) is 0 Å². The minimum atomic E-state index is -0.918. The van der Waals surface area contributed by atoms with Gasteiger partial charge in [0.15, 0.2) is 6.61 Å². The lowest BCUT2D eigenvalue weighted by molar-refractivity contribution is -0.136. The summed E-state index contributed by atoms with van der Waals surface area (Å²) >= 11 is 0. The first-order valence-corrected chi connectivity index (χ1v) is 10.4. The van der Waals surface area contributed by atoms with Gasteiger partial charge in [-0.2, -0.15) is 5.10 Å². The summed E-state index contributed by atoms with van der Waals surface area (Å²) in [5.41, 5.74) is 3.86. The zero-order valence-corrected chi connectivity index (χ0v) is 19.1. The first-order chi connectivity index (χ1) is 17.0. The van der Waals surface area contributed by atoms with Crippen molar-refractivity contribution < 1.29 is 28.6 Å². The molecule has 3 aromatic rings. The van der Waals surface area contributed by atoms with Crippen LogP contribution in [-0.2, 0) is 14.4 Å². The fourth-order valence-corrected chi connectivity index (χ4v) is 2.78. The quantitative estimate of drug-likeness (QED) is 0.248. The van der Waals surface area contributed by atoms with E-state index in [-0.39, 0.29) is 12.5 Å². The van der Waals surface area contributed by atoms with Gasteiger partial charge in [-0.05, 0) is 66.2 Å². The number of hydrazone groups is 1. The van der Waals surface area contributed by atoms with E-state index in [0.29, 0.717) is 34.2 Å². The molecule has 35 heavy (non-hydrogen) atoms. The van der Waals surface area contributed by atoms with E-state index in [1.54, 1.807) is 79.9 Å². The molecular formula is C25H24N4O6. The van der Waals surface area contributed by atoms with E-state index in [4.69, 9.17) is 14.2 Å². The van der Waals surface area contributed by atoms with Crippen LogP contribution in [0.15, 0.2) is 77.9 Å². The van der Waals surface area contributed by atoms with Crippen LogP contribution >= 0.6 is 0 Å². The lowest BCUT2D eigenvalue weighted by atomic mass is 10.2. The first-order valence-electron chi connectivity index (χ1n) is 10.4. The highest BCUT2D eigenvalue weighted by Gasteiger charge is 2.12. The highest BCUT2D eigenvalue weighted by Crippen LogP contribution is 2.17. The zero-order chi connectivity index (χ0) is 25.0. The molecule has 3 rings (SSSR count). The Hall–Kier alpha value is -4.86. The third-order valence-electron chi connectivity index (χ3n) is 4.54. The minimum Gasteiger partial charge on any atom is -0.497 e. The maximum atomic E-state index is 12.1. The van der Waals surface area contributed by atoms with Gasteiger partial charge in [0.1, 0.15) is 17.2 Å². The number of ether oxygens (including phenoxy) is 3. The smallest absolute Gasteiger partial charge is 0.329 e. The summed E-state index contributed by atoms with van der Waals surface area (Å²) in [6, 6.07) is 20.2. The van der Waals surface area contributed by atoms with Crippen LogP contribution in [0.5, 0.6) is 17.2 Å². The summed E-state index contributed by atoms with van der Waals surface area (Å²) < 4.78 is 15.6. The molecule has 0 aliphatic rings. The number of carbonyl (C=O) groups excluding carboxylic acids is 3. The number of hydrogen-bond acceptors (Lipinski definition) is 7. The van der Waals surface area contributed by atoms with Gasteiger partial charge in [0.2, 0.25) is 0 Å². The molecule has 180 valence electrons. The molecule has 0 fully saturated rings. The van der Waals surface area contributed by atoms with Gasteiger partial charge in [-0.15, -0.1) is 0 Å². The second-order valence-electron chi connectivity index (χ2n) is 7.02. The molecule has 0 atom stereocenters. The SMILES string of the molecule is COc1ccc(NC(=O)C(=O)N/N=C\c2ccc(OCC(=O)Nc3cccc(OC)c3)cc2)cc1. The highest BCUT2D eigenvalue weighted by atomic mass is 16.5. The summed E-state index contributed by atoms with van der Waals surface area (Å²) in [4.78, 5) is 35.9. The Morgan fingerprint density at radius 2 is 1.46 bits per heavy atom. The summed E-state index contributed by atoms with van der Waals surface area (Å²) in [5.74, 6) is -0.354. The highest BCUT2D eigenvalue weighted by molar-refractivity contribution is 6.39. The average molecular weight is 476 g/mol. The fourth-order valence-electron chi connectivity index (χ4n) is 2.78. The predicted molar refractivity (Wildman–Crippen MR) is 131 cm³/mol. The Kier molecular flexibility index (Phi) is 8.78. The van der Waals surface area contributed by atoms with E-state index in [1.807, 2.05) is 0 Å². The molecule has 3 amide bonds. The lowest BCUT2D eigenvalue weighted by Crippen LogP contribution is -2.32. The van der Waals surface area contributed by atoms with Crippen molar-refractivity contribution in [1.29, 1.82) is 0 Å². The Balaban J connectivity index is 1.42. The van der Waals surface area contributed by atoms with E-state index >= 15 is 0 Å². The molecule has 0 aliphatic heterocycles. The number of nitrogens with one attached hydrogen (secondary N) is 3. The molecule has 0 radical (unpaired) electrons. The lowest BCUT2D eigenvalue weighted by Gasteiger charge is -2.08. The van der Waals surface area contributed by atoms with E-state index in [2.05, 4.69) is 21.2 Å². The summed E-state index contributed by atoms with van der Waals surface area (Å²) in [6.07, 6.45) is 1.37. The Bertz CT molecular complexity index is 1190. The number of hydrogen-bond donors (Lipinski definition) is 3. The molecule has 10 nitrogen and oxygen atoms in total. The minimum absolute atomic E-state index is 0.177. The number of rotatable bonds is 9. The molecule has 0 aliphatic carbocycles. The Labute approximate surface area is 201 Å². The number of amides is 3. The number of methoxy groups -OCH3 is 2. The van der Waals surface area contributed by atoms with Crippen molar-refractivity contribution in [1.82, 2.24) is 5.43 Å². The second-order valence-corrected chi connectivity index (χ2v) is 7.02. The molecule has 0 saturated heterocycles. The van der Waals surface area contributed by atoms with Crippen molar-refractivity contribution in [3.05, 3.63) is 78.4 Å². The van der Waals surface area contributed by atoms with Crippen molar-refractivity contribution in [3.8, 4) is 17.2 Å². The third-order valence-corrected chi connectivity index (χ3v) is 4.54. The van der Waals surface area contributed by atoms with Crippen molar-refractivity contribution in [3.63, 3.8) is 0 Å². The number of anilines is 2. The topological polar surface area (TPSA) is 127 Å². The third kappa shape index (κ3) is 7.90. The molecule has 3 N–H and O–H groups in total. The van der Waals surface area contributed by atoms with Crippen LogP contribution in [0.1, 0.15) is 5.56 Å². The van der Waals surface area contributed by atoms with Crippen LogP contribution in [0.4, 0.5) is 11.4 Å². The number of carbonyl (C=O) groups is 3. The molecule has 0 spiro atoms. The van der Waals surface area contributed by atoms with Gasteiger partial charge >= 0.3 is 11.8 Å². The van der Waals surface area contributed by atoms with Gasteiger partial charge in [0.25, 0.3) is 5.91 Å². The van der Waals surface area contributed by atoms with Crippen LogP contribution in [0, 0.1) is 0 Å². The van der Waals surface area contributed by atoms with Crippen LogP contribution in [0.3, 0.4) is 0 Å². The van der Waals surface area contributed by atoms with Gasteiger partial charge in [-0.1, -0.05) is 6.07 Å². The van der Waals surface area contributed by atoms with Gasteiger partial charge in [0.05, 0.1) is 20.4 Å². The molecule has 3 aromatic carbocycles. The van der Waals surface area contributed by atoms with Crippen molar-refractivity contribution in [2.45, 2.75) is 0 Å². The fraction of sp³-hybridized carbons (Fsp3) is 0.120. The van der Waals surface area contributed by atoms with Gasteiger partial charge in [0, 0.05) is 17.4 Å². The second kappa shape index (κ2) is 12.4. The van der Waals surface area contributed by atoms with Crippen LogP contribution in [-0.4, -0.2) is 44.8 Å². The van der Waals surface area contributed by atoms with Crippen molar-refractivity contribution in [2.75, 3.05) is 31.5 Å². The van der Waals surface area contributed by atoms with Crippen LogP contribution < -0.4 is 30.3 Å². The maximum absolute atomic E-state index is 12.1. The number of nitrogens with zero attached hydrogens (tertiary/aromatic N) is 1. The maximum Gasteiger partial charge on any atom is 0.329 e. The Morgan fingerprint density at radius 3 is 2.14 bits per heavy atom. The average Bonchev–Trinajstić information content (AvgIpc) is 2.88. The Morgan fingerprint density at radius 1 is 0.771 bits per heavy atom. The van der Waals surface area contributed by atoms with Crippen molar-refractivity contribution in [2.24, 2.45) is 5.10 Å². The first kappa shape index (κ1) is 24.8. The summed E-state index contributed by atoms with van der Waals surface area (Å²) in [7, 11) is 3.08. The van der Waals surface area contributed by atoms with Gasteiger partial charge in [-0.25, -0.2) is 5.43 Å². The normalized spacial score (nSPS) is 10.3. The molecule has 0 unspecified atom stereocenters. The largest absolute Gasteiger partial charge is 0.497 e. The van der Waals surface area contributed by atoms with Crippen LogP contribution in [0.25, 0.3) is 0 Å². The van der Waals surface area contributed by atoms with Crippen molar-refractivity contribution >= 4 is 35.3 Å². The molecule has 0 aromatic heterocycles. The molecule has 0 saturated carbocycles. The molecular weight excluding hydrogens is 452 g/mol.